The van der Waals surface area contributed by atoms with E-state index < -0.39 is 18.1 Å². The van der Waals surface area contributed by atoms with Crippen LogP contribution in [0, 0.1) is 0 Å². The van der Waals surface area contributed by atoms with Gasteiger partial charge in [0, 0.05) is 19.4 Å². The van der Waals surface area contributed by atoms with Gasteiger partial charge in [0.15, 0.2) is 0 Å². The van der Waals surface area contributed by atoms with Crippen molar-refractivity contribution in [2.45, 2.75) is 31.9 Å². The number of likely N-dealkylation sites (tertiary alicyclic amines) is 1. The van der Waals surface area contributed by atoms with Gasteiger partial charge in [-0.2, -0.15) is 0 Å². The lowest BCUT2D eigenvalue weighted by molar-refractivity contribution is -0.150. The highest BCUT2D eigenvalue weighted by atomic mass is 16.5. The number of esters is 1. The molecule has 0 bridgehead atoms. The van der Waals surface area contributed by atoms with E-state index in [1.165, 1.54) is 12.0 Å². The zero-order valence-electron chi connectivity index (χ0n) is 8.40. The van der Waals surface area contributed by atoms with Crippen LogP contribution in [0.25, 0.3) is 0 Å². The van der Waals surface area contributed by atoms with E-state index in [4.69, 9.17) is 0 Å². The summed E-state index contributed by atoms with van der Waals surface area (Å²) >= 11 is 0. The summed E-state index contributed by atoms with van der Waals surface area (Å²) in [5.41, 5.74) is 0. The maximum absolute atomic E-state index is 11.4. The van der Waals surface area contributed by atoms with Crippen LogP contribution in [-0.4, -0.2) is 47.7 Å². The molecule has 0 aliphatic carbocycles. The Labute approximate surface area is 82.6 Å². The summed E-state index contributed by atoms with van der Waals surface area (Å²) in [6.07, 6.45) is -0.00636. The lowest BCUT2D eigenvalue weighted by Crippen LogP contribution is -2.40. The summed E-state index contributed by atoms with van der Waals surface area (Å²) in [5, 5.41) is 9.36. The van der Waals surface area contributed by atoms with Gasteiger partial charge in [-0.05, 0) is 0 Å². The minimum Gasteiger partial charge on any atom is -0.467 e. The van der Waals surface area contributed by atoms with E-state index in [1.54, 1.807) is 6.92 Å². The van der Waals surface area contributed by atoms with Gasteiger partial charge in [-0.15, -0.1) is 0 Å². The van der Waals surface area contributed by atoms with Crippen LogP contribution < -0.4 is 0 Å². The minimum atomic E-state index is -0.616. The number of hydrogen-bond acceptors (Lipinski definition) is 4. The lowest BCUT2D eigenvalue weighted by Gasteiger charge is -2.21. The number of rotatable bonds is 2. The molecule has 0 spiro atoms. The predicted molar refractivity (Wildman–Crippen MR) is 48.4 cm³/mol. The molecule has 1 heterocycles. The number of β-amino-alcohol motifs (C(OH)–C–C–N with tert-alkyl or cyclic N) is 1. The molecule has 5 nitrogen and oxygen atoms in total. The first-order valence-electron chi connectivity index (χ1n) is 4.65. The molecule has 0 saturated carbocycles. The van der Waals surface area contributed by atoms with Gasteiger partial charge in [0.1, 0.15) is 6.04 Å². The van der Waals surface area contributed by atoms with Crippen molar-refractivity contribution in [1.29, 1.82) is 0 Å². The number of methoxy groups -OCH3 is 1. The van der Waals surface area contributed by atoms with Gasteiger partial charge >= 0.3 is 5.97 Å². The van der Waals surface area contributed by atoms with Crippen LogP contribution in [0.2, 0.25) is 0 Å². The summed E-state index contributed by atoms with van der Waals surface area (Å²) < 4.78 is 4.56. The van der Waals surface area contributed by atoms with Gasteiger partial charge in [-0.3, -0.25) is 4.79 Å². The van der Waals surface area contributed by atoms with Crippen LogP contribution in [0.1, 0.15) is 19.8 Å². The maximum Gasteiger partial charge on any atom is 0.328 e. The van der Waals surface area contributed by atoms with E-state index in [0.717, 1.165) is 0 Å². The number of nitrogens with zero attached hydrogens (tertiary/aromatic N) is 1. The minimum absolute atomic E-state index is 0.128. The Kier molecular flexibility index (Phi) is 3.46. The topological polar surface area (TPSA) is 66.8 Å². The first-order valence-corrected chi connectivity index (χ1v) is 4.65. The third kappa shape index (κ3) is 2.04. The largest absolute Gasteiger partial charge is 0.467 e. The third-order valence-corrected chi connectivity index (χ3v) is 2.38. The fourth-order valence-electron chi connectivity index (χ4n) is 1.65. The molecule has 1 aliphatic rings. The Hall–Kier alpha value is -1.10. The van der Waals surface area contributed by atoms with E-state index in [0.29, 0.717) is 6.42 Å². The van der Waals surface area contributed by atoms with E-state index in [-0.39, 0.29) is 18.9 Å². The van der Waals surface area contributed by atoms with E-state index in [1.807, 2.05) is 0 Å². The predicted octanol–water partition coefficient (Wildman–Crippen LogP) is -0.469. The number of aliphatic hydroxyl groups is 1. The van der Waals surface area contributed by atoms with Gasteiger partial charge in [0.25, 0.3) is 0 Å². The number of amides is 1. The molecule has 0 radical (unpaired) electrons. The SMILES string of the molecule is CCC(=O)N1CC(O)CC1C(=O)OC. The summed E-state index contributed by atoms with van der Waals surface area (Å²) in [7, 11) is 1.28. The monoisotopic (exact) mass is 201 g/mol. The number of aliphatic hydroxyl groups excluding tert-OH is 1. The standard InChI is InChI=1S/C9H15NO4/c1-3-8(12)10-5-6(11)4-7(10)9(13)14-2/h6-7,11H,3-5H2,1-2H3. The first-order chi connectivity index (χ1) is 6.60. The molecule has 1 aliphatic heterocycles. The molecule has 5 heteroatoms. The molecule has 0 aromatic rings. The zero-order valence-corrected chi connectivity index (χ0v) is 8.40. The highest BCUT2D eigenvalue weighted by molar-refractivity contribution is 5.85. The van der Waals surface area contributed by atoms with Gasteiger partial charge in [0.2, 0.25) is 5.91 Å². The smallest absolute Gasteiger partial charge is 0.328 e. The molecule has 2 atom stereocenters. The molecule has 2 unspecified atom stereocenters. The summed E-state index contributed by atoms with van der Waals surface area (Å²) in [6.45, 7) is 1.95. The number of carbonyl (C=O) groups excluding carboxylic acids is 2. The van der Waals surface area contributed by atoms with Crippen molar-refractivity contribution in [1.82, 2.24) is 4.90 Å². The molecule has 0 aromatic heterocycles. The Bertz CT molecular complexity index is 217. The summed E-state index contributed by atoms with van der Waals surface area (Å²) in [5.74, 6) is -0.583. The Morgan fingerprint density at radius 1 is 1.57 bits per heavy atom. The van der Waals surface area contributed by atoms with Crippen LogP contribution in [0.15, 0.2) is 0 Å². The van der Waals surface area contributed by atoms with Crippen molar-refractivity contribution in [3.63, 3.8) is 0 Å². The molecule has 0 aromatic carbocycles. The molecule has 1 saturated heterocycles. The average molecular weight is 201 g/mol. The zero-order chi connectivity index (χ0) is 10.7. The van der Waals surface area contributed by atoms with Gasteiger partial charge in [-0.25, -0.2) is 4.79 Å². The first kappa shape index (κ1) is 11.0. The summed E-state index contributed by atoms with van der Waals surface area (Å²) in [4.78, 5) is 24.0. The molecular formula is C9H15NO4. The van der Waals surface area contributed by atoms with Crippen molar-refractivity contribution in [3.8, 4) is 0 Å². The van der Waals surface area contributed by atoms with Gasteiger partial charge in [0.05, 0.1) is 13.2 Å². The molecule has 14 heavy (non-hydrogen) atoms. The van der Waals surface area contributed by atoms with Crippen LogP contribution in [0.4, 0.5) is 0 Å². The van der Waals surface area contributed by atoms with Crippen molar-refractivity contribution in [3.05, 3.63) is 0 Å². The normalized spacial score (nSPS) is 26.4. The van der Waals surface area contributed by atoms with Crippen molar-refractivity contribution in [2.75, 3.05) is 13.7 Å². The maximum atomic E-state index is 11.4. The fourth-order valence-corrected chi connectivity index (χ4v) is 1.65. The average Bonchev–Trinajstić information content (AvgIpc) is 2.58. The quantitative estimate of drug-likeness (QED) is 0.613. The number of carbonyl (C=O) groups is 2. The van der Waals surface area contributed by atoms with Crippen LogP contribution in [0.5, 0.6) is 0 Å². The van der Waals surface area contributed by atoms with E-state index in [2.05, 4.69) is 4.74 Å². The van der Waals surface area contributed by atoms with Crippen molar-refractivity contribution < 1.29 is 19.4 Å². The number of ether oxygens (including phenoxy) is 1. The van der Waals surface area contributed by atoms with Gasteiger partial charge in [-0.1, -0.05) is 6.92 Å². The number of hydrogen-bond donors (Lipinski definition) is 1. The second kappa shape index (κ2) is 4.41. The second-order valence-electron chi connectivity index (χ2n) is 3.33. The van der Waals surface area contributed by atoms with Crippen molar-refractivity contribution in [2.24, 2.45) is 0 Å². The van der Waals surface area contributed by atoms with Crippen molar-refractivity contribution >= 4 is 11.9 Å². The Morgan fingerprint density at radius 2 is 2.21 bits per heavy atom. The molecule has 1 fully saturated rings. The van der Waals surface area contributed by atoms with E-state index >= 15 is 0 Å². The highest BCUT2D eigenvalue weighted by Crippen LogP contribution is 2.19. The van der Waals surface area contributed by atoms with Crippen LogP contribution in [-0.2, 0) is 14.3 Å². The molecular weight excluding hydrogens is 186 g/mol. The molecule has 80 valence electrons. The second-order valence-corrected chi connectivity index (χ2v) is 3.33. The molecule has 1 amide bonds. The lowest BCUT2D eigenvalue weighted by atomic mass is 10.2. The van der Waals surface area contributed by atoms with Crippen LogP contribution >= 0.6 is 0 Å². The highest BCUT2D eigenvalue weighted by Gasteiger charge is 2.38. The van der Waals surface area contributed by atoms with Crippen LogP contribution in [0.3, 0.4) is 0 Å². The fraction of sp³-hybridized carbons (Fsp3) is 0.778. The third-order valence-electron chi connectivity index (χ3n) is 2.38. The Morgan fingerprint density at radius 3 is 2.71 bits per heavy atom. The Balaban J connectivity index is 2.72. The molecule has 1 N–H and O–H groups in total. The summed E-state index contributed by atoms with van der Waals surface area (Å²) in [6, 6.07) is -0.609. The van der Waals surface area contributed by atoms with E-state index in [9.17, 15) is 14.7 Å². The molecule has 1 rings (SSSR count). The van der Waals surface area contributed by atoms with Gasteiger partial charge < -0.3 is 14.7 Å².